The number of hydrogen-bond donors (Lipinski definition) is 1. The van der Waals surface area contributed by atoms with Crippen LogP contribution in [0.1, 0.15) is 18.9 Å². The molecule has 1 fully saturated rings. The lowest BCUT2D eigenvalue weighted by Gasteiger charge is -2.34. The molecule has 31 heavy (non-hydrogen) atoms. The molecule has 5 nitrogen and oxygen atoms in total. The standard InChI is InChI=1S/C24H30N4OS2/c1-2-19-7-6-10-21-23(19)26-24(31-21)28-16-14-27(15-17-28)13-12-25-22(29)11-18-30-20-8-4-3-5-9-20/h3-10H,2,11-18H2,1H3,(H,25,29). The van der Waals surface area contributed by atoms with Crippen LogP contribution in [0.25, 0.3) is 10.2 Å². The summed E-state index contributed by atoms with van der Waals surface area (Å²) < 4.78 is 1.28. The van der Waals surface area contributed by atoms with Gasteiger partial charge in [0.25, 0.3) is 0 Å². The molecule has 0 bridgehead atoms. The van der Waals surface area contributed by atoms with Crippen molar-refractivity contribution in [1.29, 1.82) is 0 Å². The van der Waals surface area contributed by atoms with Crippen molar-refractivity contribution >= 4 is 44.4 Å². The highest BCUT2D eigenvalue weighted by Crippen LogP contribution is 2.31. The van der Waals surface area contributed by atoms with Crippen molar-refractivity contribution in [1.82, 2.24) is 15.2 Å². The molecule has 7 heteroatoms. The smallest absolute Gasteiger partial charge is 0.220 e. The van der Waals surface area contributed by atoms with Gasteiger partial charge in [0.1, 0.15) is 0 Å². The third-order valence-electron chi connectivity index (χ3n) is 5.61. The molecule has 164 valence electrons. The van der Waals surface area contributed by atoms with Crippen LogP contribution in [0.15, 0.2) is 53.4 Å². The molecule has 1 saturated heterocycles. The Morgan fingerprint density at radius 3 is 2.68 bits per heavy atom. The molecule has 1 aliphatic rings. The SMILES string of the molecule is CCc1cccc2sc(N3CCN(CCNC(=O)CCSc4ccccc4)CC3)nc12. The van der Waals surface area contributed by atoms with E-state index in [1.807, 2.05) is 18.2 Å². The summed E-state index contributed by atoms with van der Waals surface area (Å²) in [7, 11) is 0. The average Bonchev–Trinajstić information content (AvgIpc) is 3.25. The Kier molecular flexibility index (Phi) is 7.83. The number of amides is 1. The number of anilines is 1. The van der Waals surface area contributed by atoms with Gasteiger partial charge in [-0.25, -0.2) is 4.98 Å². The summed E-state index contributed by atoms with van der Waals surface area (Å²) in [5, 5.41) is 4.21. The number of aryl methyl sites for hydroxylation is 1. The van der Waals surface area contributed by atoms with E-state index in [0.29, 0.717) is 6.42 Å². The summed E-state index contributed by atoms with van der Waals surface area (Å²) in [6.45, 7) is 7.81. The maximum absolute atomic E-state index is 12.1. The van der Waals surface area contributed by atoms with Crippen LogP contribution >= 0.6 is 23.1 Å². The number of thioether (sulfide) groups is 1. The first kappa shape index (κ1) is 22.1. The van der Waals surface area contributed by atoms with Crippen LogP contribution in [0, 0.1) is 0 Å². The highest BCUT2D eigenvalue weighted by Gasteiger charge is 2.20. The zero-order valence-electron chi connectivity index (χ0n) is 18.0. The van der Waals surface area contributed by atoms with Gasteiger partial charge in [0.15, 0.2) is 5.13 Å². The first-order valence-electron chi connectivity index (χ1n) is 11.0. The Morgan fingerprint density at radius 2 is 1.90 bits per heavy atom. The van der Waals surface area contributed by atoms with Crippen LogP contribution in [0.5, 0.6) is 0 Å². The van der Waals surface area contributed by atoms with Crippen LogP contribution in [-0.4, -0.2) is 60.8 Å². The van der Waals surface area contributed by atoms with Crippen LogP contribution in [0.2, 0.25) is 0 Å². The summed E-state index contributed by atoms with van der Waals surface area (Å²) in [5.74, 6) is 0.958. The van der Waals surface area contributed by atoms with Crippen LogP contribution < -0.4 is 10.2 Å². The van der Waals surface area contributed by atoms with Crippen molar-refractivity contribution in [2.24, 2.45) is 0 Å². The lowest BCUT2D eigenvalue weighted by atomic mass is 10.1. The molecule has 1 N–H and O–H groups in total. The minimum absolute atomic E-state index is 0.142. The maximum Gasteiger partial charge on any atom is 0.220 e. The van der Waals surface area contributed by atoms with Crippen LogP contribution in [0.4, 0.5) is 5.13 Å². The van der Waals surface area contributed by atoms with Gasteiger partial charge in [-0.1, -0.05) is 48.6 Å². The van der Waals surface area contributed by atoms with Crippen molar-refractivity contribution < 1.29 is 4.79 Å². The number of nitrogens with zero attached hydrogens (tertiary/aromatic N) is 3. The molecule has 0 spiro atoms. The summed E-state index contributed by atoms with van der Waals surface area (Å²) in [5.41, 5.74) is 2.50. The Hall–Kier alpha value is -2.09. The molecule has 1 amide bonds. The lowest BCUT2D eigenvalue weighted by molar-refractivity contribution is -0.120. The number of aromatic nitrogens is 1. The molecule has 0 unspecified atom stereocenters. The number of rotatable bonds is 9. The number of nitrogens with one attached hydrogen (secondary N) is 1. The molecular weight excluding hydrogens is 424 g/mol. The Morgan fingerprint density at radius 1 is 1.10 bits per heavy atom. The monoisotopic (exact) mass is 454 g/mol. The van der Waals surface area contributed by atoms with E-state index >= 15 is 0 Å². The van der Waals surface area contributed by atoms with Gasteiger partial charge < -0.3 is 10.2 Å². The van der Waals surface area contributed by atoms with Crippen molar-refractivity contribution in [3.05, 3.63) is 54.1 Å². The van der Waals surface area contributed by atoms with Gasteiger partial charge in [-0.2, -0.15) is 0 Å². The fraction of sp³-hybridized carbons (Fsp3) is 0.417. The molecule has 2 heterocycles. The number of para-hydroxylation sites is 1. The van der Waals surface area contributed by atoms with Gasteiger partial charge in [0.2, 0.25) is 5.91 Å². The van der Waals surface area contributed by atoms with Gasteiger partial charge in [-0.3, -0.25) is 9.69 Å². The van der Waals surface area contributed by atoms with E-state index in [4.69, 9.17) is 4.98 Å². The van der Waals surface area contributed by atoms with Gasteiger partial charge >= 0.3 is 0 Å². The number of carbonyl (C=O) groups is 1. The molecule has 2 aromatic carbocycles. The number of carbonyl (C=O) groups excluding carboxylic acids is 1. The third-order valence-corrected chi connectivity index (χ3v) is 7.70. The number of hydrogen-bond acceptors (Lipinski definition) is 6. The normalized spacial score (nSPS) is 14.8. The number of thiazole rings is 1. The summed E-state index contributed by atoms with van der Waals surface area (Å²) in [6, 6.07) is 16.7. The Bertz CT molecular complexity index is 984. The molecule has 1 aromatic heterocycles. The quantitative estimate of drug-likeness (QED) is 0.489. The third kappa shape index (κ3) is 5.99. The predicted octanol–water partition coefficient (Wildman–Crippen LogP) is 4.28. The Labute approximate surface area is 192 Å². The number of benzene rings is 2. The van der Waals surface area contributed by atoms with Crippen molar-refractivity contribution in [2.45, 2.75) is 24.7 Å². The highest BCUT2D eigenvalue weighted by atomic mass is 32.2. The van der Waals surface area contributed by atoms with E-state index in [0.717, 1.165) is 56.6 Å². The first-order chi connectivity index (χ1) is 15.2. The van der Waals surface area contributed by atoms with Crippen molar-refractivity contribution in [3.8, 4) is 0 Å². The molecule has 3 aromatic rings. The lowest BCUT2D eigenvalue weighted by Crippen LogP contribution is -2.48. The second kappa shape index (κ2) is 11.0. The van der Waals surface area contributed by atoms with Gasteiger partial charge in [0.05, 0.1) is 10.2 Å². The van der Waals surface area contributed by atoms with E-state index in [1.165, 1.54) is 20.7 Å². The Balaban J connectivity index is 1.16. The molecule has 0 aliphatic carbocycles. The topological polar surface area (TPSA) is 48.5 Å². The van der Waals surface area contributed by atoms with Crippen molar-refractivity contribution in [2.75, 3.05) is 49.9 Å². The largest absolute Gasteiger partial charge is 0.355 e. The molecule has 0 atom stereocenters. The fourth-order valence-electron chi connectivity index (χ4n) is 3.80. The number of piperazine rings is 1. The zero-order valence-corrected chi connectivity index (χ0v) is 19.7. The van der Waals surface area contributed by atoms with E-state index in [9.17, 15) is 4.79 Å². The summed E-state index contributed by atoms with van der Waals surface area (Å²) in [6.07, 6.45) is 1.58. The maximum atomic E-state index is 12.1. The van der Waals surface area contributed by atoms with E-state index in [-0.39, 0.29) is 5.91 Å². The van der Waals surface area contributed by atoms with Gasteiger partial charge in [-0.15, -0.1) is 11.8 Å². The molecule has 4 rings (SSSR count). The van der Waals surface area contributed by atoms with Gasteiger partial charge in [-0.05, 0) is 30.2 Å². The first-order valence-corrected chi connectivity index (χ1v) is 12.8. The minimum Gasteiger partial charge on any atom is -0.355 e. The molecular formula is C24H30N4OS2. The molecule has 0 radical (unpaired) electrons. The van der Waals surface area contributed by atoms with Gasteiger partial charge in [0, 0.05) is 56.3 Å². The predicted molar refractivity (Wildman–Crippen MR) is 132 cm³/mol. The second-order valence-electron chi connectivity index (χ2n) is 7.70. The van der Waals surface area contributed by atoms with Crippen molar-refractivity contribution in [3.63, 3.8) is 0 Å². The number of fused-ring (bicyclic) bond motifs is 1. The summed E-state index contributed by atoms with van der Waals surface area (Å²) in [4.78, 5) is 23.1. The molecule has 1 aliphatic heterocycles. The second-order valence-corrected chi connectivity index (χ2v) is 9.88. The van der Waals surface area contributed by atoms with E-state index in [1.54, 1.807) is 23.1 Å². The summed E-state index contributed by atoms with van der Waals surface area (Å²) >= 11 is 3.53. The average molecular weight is 455 g/mol. The minimum atomic E-state index is 0.142. The highest BCUT2D eigenvalue weighted by molar-refractivity contribution is 7.99. The van der Waals surface area contributed by atoms with Crippen LogP contribution in [-0.2, 0) is 11.2 Å². The fourth-order valence-corrected chi connectivity index (χ4v) is 5.74. The molecule has 0 saturated carbocycles. The van der Waals surface area contributed by atoms with Crippen LogP contribution in [0.3, 0.4) is 0 Å². The zero-order chi connectivity index (χ0) is 21.5. The van der Waals surface area contributed by atoms with E-state index in [2.05, 4.69) is 52.4 Å². The van der Waals surface area contributed by atoms with E-state index < -0.39 is 0 Å².